The number of hydrogen-bond donors (Lipinski definition) is 4. The van der Waals surface area contributed by atoms with Crippen LogP contribution < -0.4 is 20.7 Å². The van der Waals surface area contributed by atoms with Crippen molar-refractivity contribution in [1.82, 2.24) is 10.2 Å². The van der Waals surface area contributed by atoms with E-state index in [2.05, 4.69) is 10.6 Å². The Labute approximate surface area is 240 Å². The Bertz CT molecular complexity index is 1490. The topological polar surface area (TPSA) is 158 Å². The molecule has 0 saturated carbocycles. The summed E-state index contributed by atoms with van der Waals surface area (Å²) in [6.45, 7) is 7.20. The summed E-state index contributed by atoms with van der Waals surface area (Å²) in [6.07, 6.45) is -1.14. The van der Waals surface area contributed by atoms with E-state index in [1.165, 1.54) is 6.07 Å². The van der Waals surface area contributed by atoms with Crippen LogP contribution in [-0.2, 0) is 19.6 Å². The van der Waals surface area contributed by atoms with E-state index in [1.54, 1.807) is 85.6 Å². The number of amides is 2. The van der Waals surface area contributed by atoms with Crippen molar-refractivity contribution in [3.8, 4) is 11.1 Å². The van der Waals surface area contributed by atoms with Gasteiger partial charge < -0.3 is 15.0 Å². The monoisotopic (exact) mass is 580 g/mol. The van der Waals surface area contributed by atoms with Crippen molar-refractivity contribution >= 4 is 39.2 Å². The fourth-order valence-corrected chi connectivity index (χ4v) is 5.02. The predicted molar refractivity (Wildman–Crippen MR) is 160 cm³/mol. The quantitative estimate of drug-likeness (QED) is 0.152. The lowest BCUT2D eigenvalue weighted by molar-refractivity contribution is -0.114. The van der Waals surface area contributed by atoms with Gasteiger partial charge in [0.1, 0.15) is 5.84 Å². The first kappa shape index (κ1) is 31.3. The van der Waals surface area contributed by atoms with Crippen LogP contribution in [0.25, 0.3) is 11.1 Å². The first-order valence-electron chi connectivity index (χ1n) is 13.1. The number of carbonyl (C=O) groups is 2. The Kier molecular flexibility index (Phi) is 10.6. The number of nitrogens with one attached hydrogen (secondary N) is 3. The molecule has 0 aliphatic carbocycles. The number of carbonyl (C=O) groups excluding carboxylic acids is 2. The van der Waals surface area contributed by atoms with E-state index in [0.29, 0.717) is 28.1 Å². The van der Waals surface area contributed by atoms with Gasteiger partial charge in [0.05, 0.1) is 11.4 Å². The number of amidine groups is 1. The van der Waals surface area contributed by atoms with Crippen LogP contribution in [0.5, 0.6) is 0 Å². The highest BCUT2D eigenvalue weighted by Gasteiger charge is 2.18. The number of benzene rings is 3. The lowest BCUT2D eigenvalue weighted by atomic mass is 10.1. The SMILES string of the molecule is CCN(CC)C(C)OC(=O)NC(=N)c1cccc(N(C)CC(=O)Nc2ccc(-c3ccccc3S(N)(=O)=O)cc2)c1. The Balaban J connectivity index is 1.60. The van der Waals surface area contributed by atoms with E-state index in [1.807, 2.05) is 18.7 Å². The van der Waals surface area contributed by atoms with Gasteiger partial charge in [-0.1, -0.05) is 56.3 Å². The van der Waals surface area contributed by atoms with E-state index in [9.17, 15) is 18.0 Å². The largest absolute Gasteiger partial charge is 0.430 e. The molecule has 0 heterocycles. The number of rotatable bonds is 11. The molecule has 0 spiro atoms. The van der Waals surface area contributed by atoms with Gasteiger partial charge in [-0.25, -0.2) is 18.4 Å². The Morgan fingerprint density at radius 1 is 1.00 bits per heavy atom. The molecular formula is C29H36N6O5S. The number of nitrogens with two attached hydrogens (primary N) is 1. The molecule has 2 amide bonds. The zero-order chi connectivity index (χ0) is 30.2. The molecule has 1 unspecified atom stereocenters. The summed E-state index contributed by atoms with van der Waals surface area (Å²) in [7, 11) is -2.15. The minimum Gasteiger partial charge on any atom is -0.430 e. The number of hydrogen-bond acceptors (Lipinski definition) is 8. The fourth-order valence-electron chi connectivity index (χ4n) is 4.26. The molecule has 1 atom stereocenters. The van der Waals surface area contributed by atoms with Crippen molar-refractivity contribution in [3.05, 3.63) is 78.4 Å². The van der Waals surface area contributed by atoms with Crippen molar-refractivity contribution in [3.63, 3.8) is 0 Å². The van der Waals surface area contributed by atoms with Gasteiger partial charge in [-0.15, -0.1) is 0 Å². The smallest absolute Gasteiger partial charge is 0.414 e. The molecule has 0 fully saturated rings. The van der Waals surface area contributed by atoms with Crippen LogP contribution in [0, 0.1) is 5.41 Å². The van der Waals surface area contributed by atoms with E-state index < -0.39 is 22.3 Å². The second-order valence-corrected chi connectivity index (χ2v) is 10.8. The van der Waals surface area contributed by atoms with Crippen LogP contribution in [0.1, 0.15) is 26.3 Å². The second-order valence-electron chi connectivity index (χ2n) is 9.30. The van der Waals surface area contributed by atoms with Gasteiger partial charge in [0.15, 0.2) is 6.23 Å². The minimum absolute atomic E-state index is 0.0175. The maximum absolute atomic E-state index is 12.7. The number of primary sulfonamides is 1. The Morgan fingerprint density at radius 3 is 2.29 bits per heavy atom. The van der Waals surface area contributed by atoms with Gasteiger partial charge in [-0.05, 0) is 55.9 Å². The maximum atomic E-state index is 12.7. The van der Waals surface area contributed by atoms with Gasteiger partial charge in [0, 0.05) is 29.5 Å². The van der Waals surface area contributed by atoms with Crippen molar-refractivity contribution in [2.45, 2.75) is 31.9 Å². The number of nitrogens with zero attached hydrogens (tertiary/aromatic N) is 2. The number of sulfonamides is 1. The fraction of sp³-hybridized carbons (Fsp3) is 0.276. The molecule has 0 aliphatic heterocycles. The van der Waals surface area contributed by atoms with Gasteiger partial charge in [0.25, 0.3) is 0 Å². The van der Waals surface area contributed by atoms with Gasteiger partial charge in [-0.2, -0.15) is 0 Å². The lowest BCUT2D eigenvalue weighted by Crippen LogP contribution is -2.40. The van der Waals surface area contributed by atoms with Crippen LogP contribution in [-0.4, -0.2) is 64.1 Å². The van der Waals surface area contributed by atoms with E-state index >= 15 is 0 Å². The first-order chi connectivity index (χ1) is 19.4. The molecule has 3 aromatic carbocycles. The van der Waals surface area contributed by atoms with Gasteiger partial charge in [0.2, 0.25) is 15.9 Å². The lowest BCUT2D eigenvalue weighted by Gasteiger charge is -2.25. The third kappa shape index (κ3) is 8.61. The number of anilines is 2. The first-order valence-corrected chi connectivity index (χ1v) is 14.6. The van der Waals surface area contributed by atoms with Crippen molar-refractivity contribution < 1.29 is 22.7 Å². The Hall–Kier alpha value is -4.26. The van der Waals surface area contributed by atoms with Crippen LogP contribution in [0.3, 0.4) is 0 Å². The summed E-state index contributed by atoms with van der Waals surface area (Å²) >= 11 is 0. The maximum Gasteiger partial charge on any atom is 0.414 e. The highest BCUT2D eigenvalue weighted by atomic mass is 32.2. The second kappa shape index (κ2) is 13.9. The van der Waals surface area contributed by atoms with Crippen molar-refractivity contribution in [2.24, 2.45) is 5.14 Å². The molecule has 0 aliphatic rings. The molecule has 218 valence electrons. The highest BCUT2D eigenvalue weighted by molar-refractivity contribution is 7.89. The third-order valence-electron chi connectivity index (χ3n) is 6.46. The average molecular weight is 581 g/mol. The Morgan fingerprint density at radius 2 is 1.66 bits per heavy atom. The summed E-state index contributed by atoms with van der Waals surface area (Å²) in [5, 5.41) is 18.9. The van der Waals surface area contributed by atoms with Crippen LogP contribution in [0.2, 0.25) is 0 Å². The molecule has 0 radical (unpaired) electrons. The predicted octanol–water partition coefficient (Wildman–Crippen LogP) is 3.82. The number of alkyl carbamates (subject to hydrolysis) is 1. The standard InChI is InChI=1S/C29H36N6O5S/c1-5-35(6-2)20(3)40-29(37)33-28(30)22-10-9-11-24(18-22)34(4)19-27(36)32-23-16-14-21(15-17-23)25-12-7-8-13-26(25)41(31,38)39/h7-18,20H,5-6,19H2,1-4H3,(H,32,36)(H2,30,33,37)(H2,31,38,39). The highest BCUT2D eigenvalue weighted by Crippen LogP contribution is 2.27. The number of ether oxygens (including phenoxy) is 1. The molecule has 0 saturated heterocycles. The summed E-state index contributed by atoms with van der Waals surface area (Å²) in [5.74, 6) is -0.400. The molecule has 41 heavy (non-hydrogen) atoms. The van der Waals surface area contributed by atoms with E-state index in [4.69, 9.17) is 15.3 Å². The zero-order valence-electron chi connectivity index (χ0n) is 23.5. The average Bonchev–Trinajstić information content (AvgIpc) is 2.93. The van der Waals surface area contributed by atoms with Gasteiger partial charge in [-0.3, -0.25) is 20.4 Å². The molecule has 3 aromatic rings. The van der Waals surface area contributed by atoms with Crippen molar-refractivity contribution in [2.75, 3.05) is 36.9 Å². The van der Waals surface area contributed by atoms with Crippen molar-refractivity contribution in [1.29, 1.82) is 5.41 Å². The molecular weight excluding hydrogens is 544 g/mol. The van der Waals surface area contributed by atoms with Crippen LogP contribution in [0.4, 0.5) is 16.2 Å². The molecule has 5 N–H and O–H groups in total. The number of likely N-dealkylation sites (N-methyl/N-ethyl adjacent to an activating group) is 1. The van der Waals surface area contributed by atoms with Crippen LogP contribution in [0.15, 0.2) is 77.7 Å². The van der Waals surface area contributed by atoms with Crippen LogP contribution >= 0.6 is 0 Å². The molecule has 0 aromatic heterocycles. The normalized spacial score (nSPS) is 12.0. The summed E-state index contributed by atoms with van der Waals surface area (Å²) in [4.78, 5) is 28.7. The van der Waals surface area contributed by atoms with Gasteiger partial charge >= 0.3 is 6.09 Å². The van der Waals surface area contributed by atoms with E-state index in [0.717, 1.165) is 13.1 Å². The molecule has 11 nitrogen and oxygen atoms in total. The van der Waals surface area contributed by atoms with E-state index in [-0.39, 0.29) is 23.2 Å². The molecule has 3 rings (SSSR count). The minimum atomic E-state index is -3.89. The zero-order valence-corrected chi connectivity index (χ0v) is 24.4. The molecule has 0 bridgehead atoms. The summed E-state index contributed by atoms with van der Waals surface area (Å²) in [5.41, 5.74) is 2.78. The third-order valence-corrected chi connectivity index (χ3v) is 7.43. The summed E-state index contributed by atoms with van der Waals surface area (Å²) in [6, 6.07) is 20.1. The summed E-state index contributed by atoms with van der Waals surface area (Å²) < 4.78 is 29.2. The molecule has 12 heteroatoms.